The molecular weight excluding hydrogens is 196 g/mol. The van der Waals surface area contributed by atoms with Crippen LogP contribution in [0.15, 0.2) is 0 Å². The van der Waals surface area contributed by atoms with Crippen LogP contribution >= 0.6 is 0 Å². The molecule has 0 spiro atoms. The van der Waals surface area contributed by atoms with Crippen molar-refractivity contribution in [2.75, 3.05) is 40.0 Å². The molecule has 1 aliphatic heterocycles. The number of hydrogen-bond acceptors (Lipinski definition) is 4. The summed E-state index contributed by atoms with van der Waals surface area (Å²) in [7, 11) is 1.62. The zero-order chi connectivity index (χ0) is 10.9. The fourth-order valence-corrected chi connectivity index (χ4v) is 1.49. The van der Waals surface area contributed by atoms with Gasteiger partial charge in [-0.25, -0.2) is 0 Å². The topological polar surface area (TPSA) is 59.6 Å². The lowest BCUT2D eigenvalue weighted by atomic mass is 10.1. The summed E-state index contributed by atoms with van der Waals surface area (Å²) in [5, 5.41) is 5.98. The molecule has 15 heavy (non-hydrogen) atoms. The molecule has 0 unspecified atom stereocenters. The SMILES string of the molecule is COCCNC(=O)CNC1CCOCC1. The first kappa shape index (κ1) is 12.4. The Morgan fingerprint density at radius 2 is 2.20 bits per heavy atom. The summed E-state index contributed by atoms with van der Waals surface area (Å²) in [6.45, 7) is 3.11. The third-order valence-electron chi connectivity index (χ3n) is 2.40. The van der Waals surface area contributed by atoms with E-state index in [9.17, 15) is 4.79 Å². The van der Waals surface area contributed by atoms with Crippen molar-refractivity contribution in [3.8, 4) is 0 Å². The summed E-state index contributed by atoms with van der Waals surface area (Å²) >= 11 is 0. The van der Waals surface area contributed by atoms with Crippen molar-refractivity contribution in [3.63, 3.8) is 0 Å². The summed E-state index contributed by atoms with van der Waals surface area (Å²) in [5.74, 6) is 0.0264. The summed E-state index contributed by atoms with van der Waals surface area (Å²) in [6, 6.07) is 0.423. The number of carbonyl (C=O) groups excluding carboxylic acids is 1. The maximum absolute atomic E-state index is 11.3. The van der Waals surface area contributed by atoms with Crippen LogP contribution in [-0.2, 0) is 14.3 Å². The van der Waals surface area contributed by atoms with Crippen LogP contribution < -0.4 is 10.6 Å². The Bertz CT molecular complexity index is 182. The van der Waals surface area contributed by atoms with E-state index in [1.165, 1.54) is 0 Å². The van der Waals surface area contributed by atoms with Gasteiger partial charge in [-0.05, 0) is 12.8 Å². The lowest BCUT2D eigenvalue weighted by Crippen LogP contribution is -2.42. The summed E-state index contributed by atoms with van der Waals surface area (Å²) in [4.78, 5) is 11.3. The monoisotopic (exact) mass is 216 g/mol. The normalized spacial score (nSPS) is 17.7. The van der Waals surface area contributed by atoms with E-state index in [1.807, 2.05) is 0 Å². The van der Waals surface area contributed by atoms with Gasteiger partial charge in [-0.15, -0.1) is 0 Å². The van der Waals surface area contributed by atoms with Gasteiger partial charge >= 0.3 is 0 Å². The smallest absolute Gasteiger partial charge is 0.234 e. The largest absolute Gasteiger partial charge is 0.383 e. The van der Waals surface area contributed by atoms with E-state index in [1.54, 1.807) is 7.11 Å². The van der Waals surface area contributed by atoms with Crippen molar-refractivity contribution in [1.82, 2.24) is 10.6 Å². The van der Waals surface area contributed by atoms with E-state index in [4.69, 9.17) is 9.47 Å². The summed E-state index contributed by atoms with van der Waals surface area (Å²) in [6.07, 6.45) is 1.98. The molecule has 5 heteroatoms. The molecule has 5 nitrogen and oxygen atoms in total. The van der Waals surface area contributed by atoms with Gasteiger partial charge in [0.25, 0.3) is 0 Å². The van der Waals surface area contributed by atoms with Gasteiger partial charge < -0.3 is 20.1 Å². The second kappa shape index (κ2) is 7.62. The van der Waals surface area contributed by atoms with E-state index < -0.39 is 0 Å². The zero-order valence-corrected chi connectivity index (χ0v) is 9.25. The van der Waals surface area contributed by atoms with Crippen LogP contribution in [0.25, 0.3) is 0 Å². The average molecular weight is 216 g/mol. The molecular formula is C10H20N2O3. The minimum Gasteiger partial charge on any atom is -0.383 e. The van der Waals surface area contributed by atoms with Crippen molar-refractivity contribution in [3.05, 3.63) is 0 Å². The average Bonchev–Trinajstić information content (AvgIpc) is 2.28. The Labute approximate surface area is 90.5 Å². The van der Waals surface area contributed by atoms with Gasteiger partial charge in [0.15, 0.2) is 0 Å². The van der Waals surface area contributed by atoms with Crippen LogP contribution in [0.4, 0.5) is 0 Å². The molecule has 1 amide bonds. The van der Waals surface area contributed by atoms with Gasteiger partial charge in [-0.3, -0.25) is 4.79 Å². The highest BCUT2D eigenvalue weighted by Gasteiger charge is 2.13. The first-order chi connectivity index (χ1) is 7.33. The van der Waals surface area contributed by atoms with Crippen molar-refractivity contribution in [2.24, 2.45) is 0 Å². The molecule has 1 fully saturated rings. The van der Waals surface area contributed by atoms with Crippen LogP contribution in [0.2, 0.25) is 0 Å². The summed E-state index contributed by atoms with van der Waals surface area (Å²) in [5.41, 5.74) is 0. The van der Waals surface area contributed by atoms with Crippen LogP contribution in [0.1, 0.15) is 12.8 Å². The highest BCUT2D eigenvalue weighted by molar-refractivity contribution is 5.77. The first-order valence-corrected chi connectivity index (χ1v) is 5.39. The molecule has 88 valence electrons. The van der Waals surface area contributed by atoms with E-state index in [0.29, 0.717) is 25.7 Å². The Hall–Kier alpha value is -0.650. The number of nitrogens with one attached hydrogen (secondary N) is 2. The lowest BCUT2D eigenvalue weighted by molar-refractivity contribution is -0.120. The van der Waals surface area contributed by atoms with Crippen molar-refractivity contribution >= 4 is 5.91 Å². The number of ether oxygens (including phenoxy) is 2. The van der Waals surface area contributed by atoms with Gasteiger partial charge in [0, 0.05) is 32.9 Å². The number of amides is 1. The van der Waals surface area contributed by atoms with Crippen molar-refractivity contribution < 1.29 is 14.3 Å². The Morgan fingerprint density at radius 1 is 1.47 bits per heavy atom. The molecule has 1 saturated heterocycles. The molecule has 0 aromatic rings. The molecule has 0 aromatic carbocycles. The molecule has 1 heterocycles. The Balaban J connectivity index is 2.00. The van der Waals surface area contributed by atoms with Gasteiger partial charge in [0.2, 0.25) is 5.91 Å². The Morgan fingerprint density at radius 3 is 2.87 bits per heavy atom. The maximum atomic E-state index is 11.3. The molecule has 0 atom stereocenters. The highest BCUT2D eigenvalue weighted by atomic mass is 16.5. The fraction of sp³-hybridized carbons (Fsp3) is 0.900. The second-order valence-corrected chi connectivity index (χ2v) is 3.61. The molecule has 1 rings (SSSR count). The third-order valence-corrected chi connectivity index (χ3v) is 2.40. The van der Waals surface area contributed by atoms with E-state index in [2.05, 4.69) is 10.6 Å². The summed E-state index contributed by atoms with van der Waals surface area (Å²) < 4.78 is 10.1. The van der Waals surface area contributed by atoms with Gasteiger partial charge in [-0.1, -0.05) is 0 Å². The van der Waals surface area contributed by atoms with Crippen LogP contribution in [0, 0.1) is 0 Å². The van der Waals surface area contributed by atoms with Gasteiger partial charge in [0.1, 0.15) is 0 Å². The zero-order valence-electron chi connectivity index (χ0n) is 9.25. The number of carbonyl (C=O) groups is 1. The van der Waals surface area contributed by atoms with E-state index in [0.717, 1.165) is 26.1 Å². The molecule has 1 aliphatic rings. The number of rotatable bonds is 6. The van der Waals surface area contributed by atoms with Crippen molar-refractivity contribution in [1.29, 1.82) is 0 Å². The molecule has 0 bridgehead atoms. The third kappa shape index (κ3) is 5.71. The maximum Gasteiger partial charge on any atom is 0.234 e. The lowest BCUT2D eigenvalue weighted by Gasteiger charge is -2.22. The van der Waals surface area contributed by atoms with Gasteiger partial charge in [-0.2, -0.15) is 0 Å². The molecule has 0 saturated carbocycles. The van der Waals surface area contributed by atoms with Crippen molar-refractivity contribution in [2.45, 2.75) is 18.9 Å². The standard InChI is InChI=1S/C10H20N2O3/c1-14-7-4-11-10(13)8-12-9-2-5-15-6-3-9/h9,12H,2-8H2,1H3,(H,11,13). The highest BCUT2D eigenvalue weighted by Crippen LogP contribution is 2.05. The minimum atomic E-state index is 0.0264. The molecule has 0 aromatic heterocycles. The molecule has 0 aliphatic carbocycles. The fourth-order valence-electron chi connectivity index (χ4n) is 1.49. The number of methoxy groups -OCH3 is 1. The predicted molar refractivity (Wildman–Crippen MR) is 56.7 cm³/mol. The van der Waals surface area contributed by atoms with Crippen LogP contribution in [-0.4, -0.2) is 52.0 Å². The van der Waals surface area contributed by atoms with Crippen LogP contribution in [0.5, 0.6) is 0 Å². The van der Waals surface area contributed by atoms with E-state index in [-0.39, 0.29) is 5.91 Å². The van der Waals surface area contributed by atoms with Gasteiger partial charge in [0.05, 0.1) is 13.2 Å². The van der Waals surface area contributed by atoms with E-state index >= 15 is 0 Å². The molecule has 2 N–H and O–H groups in total. The minimum absolute atomic E-state index is 0.0264. The molecule has 0 radical (unpaired) electrons. The quantitative estimate of drug-likeness (QED) is 0.589. The Kier molecular flexibility index (Phi) is 6.31. The first-order valence-electron chi connectivity index (χ1n) is 5.39. The van der Waals surface area contributed by atoms with Crippen LogP contribution in [0.3, 0.4) is 0 Å². The second-order valence-electron chi connectivity index (χ2n) is 3.61. The predicted octanol–water partition coefficient (Wildman–Crippen LogP) is -0.482. The number of hydrogen-bond donors (Lipinski definition) is 2.